The highest BCUT2D eigenvalue weighted by atomic mass is 32.2. The predicted molar refractivity (Wildman–Crippen MR) is 82.0 cm³/mol. The second-order valence-corrected chi connectivity index (χ2v) is 6.84. The first-order valence-corrected chi connectivity index (χ1v) is 8.06. The van der Waals surface area contributed by atoms with Crippen LogP contribution in [-0.2, 0) is 14.9 Å². The number of benzene rings is 1. The number of rotatable bonds is 3. The van der Waals surface area contributed by atoms with E-state index in [-0.39, 0.29) is 17.0 Å². The van der Waals surface area contributed by atoms with Crippen molar-refractivity contribution in [2.45, 2.75) is 37.7 Å². The average molecular weight is 325 g/mol. The van der Waals surface area contributed by atoms with E-state index in [1.54, 1.807) is 26.8 Å². The van der Waals surface area contributed by atoms with E-state index in [9.17, 15) is 13.2 Å². The van der Waals surface area contributed by atoms with Gasteiger partial charge in [-0.1, -0.05) is 24.0 Å². The second-order valence-electron chi connectivity index (χ2n) is 5.45. The first-order chi connectivity index (χ1) is 10.1. The zero-order valence-electron chi connectivity index (χ0n) is 12.7. The molecule has 0 atom stereocenters. The Morgan fingerprint density at radius 2 is 1.95 bits per heavy atom. The molecule has 0 saturated carbocycles. The van der Waals surface area contributed by atoms with E-state index in [1.165, 1.54) is 18.2 Å². The molecule has 1 aromatic rings. The van der Waals surface area contributed by atoms with Gasteiger partial charge in [-0.3, -0.25) is 4.55 Å². The molecule has 0 aliphatic rings. The van der Waals surface area contributed by atoms with Crippen molar-refractivity contribution in [3.8, 4) is 11.8 Å². The number of carbonyl (C=O) groups is 1. The number of alkyl carbamates (subject to hydrolysis) is 1. The van der Waals surface area contributed by atoms with Crippen LogP contribution in [0.25, 0.3) is 0 Å². The summed E-state index contributed by atoms with van der Waals surface area (Å²) in [7, 11) is -4.30. The topological polar surface area (TPSA) is 92.7 Å². The quantitative estimate of drug-likeness (QED) is 0.505. The van der Waals surface area contributed by atoms with Crippen molar-refractivity contribution in [1.29, 1.82) is 0 Å². The van der Waals surface area contributed by atoms with Gasteiger partial charge in [-0.2, -0.15) is 8.42 Å². The van der Waals surface area contributed by atoms with Crippen LogP contribution in [0.5, 0.6) is 0 Å². The molecule has 0 radical (unpaired) electrons. The smallest absolute Gasteiger partial charge is 0.407 e. The molecular weight excluding hydrogens is 306 g/mol. The number of hydrogen-bond donors (Lipinski definition) is 2. The fourth-order valence-electron chi connectivity index (χ4n) is 1.49. The summed E-state index contributed by atoms with van der Waals surface area (Å²) >= 11 is 0. The maximum atomic E-state index is 11.4. The number of carbonyl (C=O) groups excluding carboxylic acids is 1. The van der Waals surface area contributed by atoms with Gasteiger partial charge in [0.05, 0.1) is 0 Å². The van der Waals surface area contributed by atoms with Crippen LogP contribution >= 0.6 is 0 Å². The minimum Gasteiger partial charge on any atom is -0.444 e. The summed E-state index contributed by atoms with van der Waals surface area (Å²) in [6.07, 6.45) is -0.216. The van der Waals surface area contributed by atoms with Crippen LogP contribution in [0.3, 0.4) is 0 Å². The van der Waals surface area contributed by atoms with E-state index in [0.717, 1.165) is 0 Å². The molecule has 0 aromatic heterocycles. The van der Waals surface area contributed by atoms with Crippen LogP contribution in [-0.4, -0.2) is 31.2 Å². The molecule has 7 heteroatoms. The van der Waals surface area contributed by atoms with Gasteiger partial charge in [0.15, 0.2) is 0 Å². The van der Waals surface area contributed by atoms with Crippen molar-refractivity contribution < 1.29 is 22.5 Å². The van der Waals surface area contributed by atoms with E-state index in [4.69, 9.17) is 9.29 Å². The van der Waals surface area contributed by atoms with Crippen molar-refractivity contribution in [3.63, 3.8) is 0 Å². The lowest BCUT2D eigenvalue weighted by molar-refractivity contribution is 0.0529. The molecule has 1 amide bonds. The monoisotopic (exact) mass is 325 g/mol. The van der Waals surface area contributed by atoms with Crippen molar-refractivity contribution in [3.05, 3.63) is 29.8 Å². The van der Waals surface area contributed by atoms with Gasteiger partial charge in [0.1, 0.15) is 10.5 Å². The van der Waals surface area contributed by atoms with Crippen molar-refractivity contribution in [2.24, 2.45) is 0 Å². The summed E-state index contributed by atoms with van der Waals surface area (Å²) in [5.74, 6) is 5.40. The third-order valence-electron chi connectivity index (χ3n) is 2.31. The SMILES string of the molecule is CC(C)(C)OC(=O)NCCC#Cc1ccccc1S(=O)(=O)O. The van der Waals surface area contributed by atoms with Crippen molar-refractivity contribution >= 4 is 16.2 Å². The third-order valence-corrected chi connectivity index (χ3v) is 3.22. The highest BCUT2D eigenvalue weighted by molar-refractivity contribution is 7.85. The third kappa shape index (κ3) is 6.61. The van der Waals surface area contributed by atoms with Crippen molar-refractivity contribution in [1.82, 2.24) is 5.32 Å². The van der Waals surface area contributed by atoms with Crippen LogP contribution < -0.4 is 5.32 Å². The standard InChI is InChI=1S/C15H19NO5S/c1-15(2,3)21-14(17)16-11-7-6-9-12-8-4-5-10-13(12)22(18,19)20/h4-5,8,10H,7,11H2,1-3H3,(H,16,17)(H,18,19,20). The zero-order valence-corrected chi connectivity index (χ0v) is 13.5. The molecule has 0 fully saturated rings. The molecule has 0 heterocycles. The van der Waals surface area contributed by atoms with Gasteiger partial charge >= 0.3 is 6.09 Å². The first kappa shape index (κ1) is 18.0. The molecule has 22 heavy (non-hydrogen) atoms. The minimum absolute atomic E-state index is 0.210. The van der Waals surface area contributed by atoms with Crippen LogP contribution in [0, 0.1) is 11.8 Å². The van der Waals surface area contributed by atoms with E-state index >= 15 is 0 Å². The average Bonchev–Trinajstić information content (AvgIpc) is 2.35. The fourth-order valence-corrected chi connectivity index (χ4v) is 2.14. The molecule has 2 N–H and O–H groups in total. The lowest BCUT2D eigenvalue weighted by Crippen LogP contribution is -2.32. The number of nitrogens with one attached hydrogen (secondary N) is 1. The molecule has 6 nitrogen and oxygen atoms in total. The van der Waals surface area contributed by atoms with Crippen LogP contribution in [0.4, 0.5) is 4.79 Å². The zero-order chi connectivity index (χ0) is 16.8. The Bertz CT molecular complexity index is 693. The van der Waals surface area contributed by atoms with Gasteiger partial charge in [-0.15, -0.1) is 0 Å². The summed E-state index contributed by atoms with van der Waals surface area (Å²) in [5.41, 5.74) is -0.355. The molecule has 0 saturated heterocycles. The molecule has 0 spiro atoms. The van der Waals surface area contributed by atoms with Gasteiger partial charge in [-0.05, 0) is 32.9 Å². The molecule has 0 aliphatic carbocycles. The first-order valence-electron chi connectivity index (χ1n) is 6.62. The largest absolute Gasteiger partial charge is 0.444 e. The fraction of sp³-hybridized carbons (Fsp3) is 0.400. The molecule has 0 aliphatic heterocycles. The normalized spacial score (nSPS) is 11.3. The molecule has 1 aromatic carbocycles. The molecule has 0 bridgehead atoms. The van der Waals surface area contributed by atoms with Gasteiger partial charge in [0, 0.05) is 18.5 Å². The van der Waals surface area contributed by atoms with Gasteiger partial charge in [-0.25, -0.2) is 4.79 Å². The highest BCUT2D eigenvalue weighted by Gasteiger charge is 2.15. The summed E-state index contributed by atoms with van der Waals surface area (Å²) in [6.45, 7) is 5.56. The Balaban J connectivity index is 2.58. The molecular formula is C15H19NO5S. The minimum atomic E-state index is -4.30. The lowest BCUT2D eigenvalue weighted by Gasteiger charge is -2.19. The maximum Gasteiger partial charge on any atom is 0.407 e. The Morgan fingerprint density at radius 3 is 2.55 bits per heavy atom. The summed E-state index contributed by atoms with van der Waals surface area (Å²) in [5, 5.41) is 2.54. The number of ether oxygens (including phenoxy) is 1. The van der Waals surface area contributed by atoms with Crippen LogP contribution in [0.1, 0.15) is 32.8 Å². The number of amides is 1. The molecule has 120 valence electrons. The van der Waals surface area contributed by atoms with Crippen LogP contribution in [0.2, 0.25) is 0 Å². The highest BCUT2D eigenvalue weighted by Crippen LogP contribution is 2.13. The van der Waals surface area contributed by atoms with Gasteiger partial charge in [0.2, 0.25) is 0 Å². The predicted octanol–water partition coefficient (Wildman–Crippen LogP) is 2.20. The van der Waals surface area contributed by atoms with E-state index in [1.807, 2.05) is 0 Å². The molecule has 1 rings (SSSR count). The summed E-state index contributed by atoms with van der Waals surface area (Å²) in [4.78, 5) is 11.1. The molecule has 0 unspecified atom stereocenters. The van der Waals surface area contributed by atoms with Crippen LogP contribution in [0.15, 0.2) is 29.2 Å². The number of hydrogen-bond acceptors (Lipinski definition) is 4. The van der Waals surface area contributed by atoms with Gasteiger partial charge in [0.25, 0.3) is 10.1 Å². The summed E-state index contributed by atoms with van der Waals surface area (Å²) < 4.78 is 36.5. The van der Waals surface area contributed by atoms with E-state index in [0.29, 0.717) is 6.42 Å². The Kier molecular flexibility index (Phi) is 5.97. The van der Waals surface area contributed by atoms with Crippen molar-refractivity contribution in [2.75, 3.05) is 6.54 Å². The Morgan fingerprint density at radius 1 is 1.32 bits per heavy atom. The maximum absolute atomic E-state index is 11.4. The van der Waals surface area contributed by atoms with E-state index in [2.05, 4.69) is 17.2 Å². The Labute approximate surface area is 130 Å². The lowest BCUT2D eigenvalue weighted by atomic mass is 10.2. The summed E-state index contributed by atoms with van der Waals surface area (Å²) in [6, 6.07) is 5.89. The van der Waals surface area contributed by atoms with E-state index < -0.39 is 21.8 Å². The Hall–Kier alpha value is -2.04. The van der Waals surface area contributed by atoms with Gasteiger partial charge < -0.3 is 10.1 Å². The second kappa shape index (κ2) is 7.29.